The Morgan fingerprint density at radius 1 is 1.10 bits per heavy atom. The fraction of sp³-hybridized carbons (Fsp3) is 0.130. The highest BCUT2D eigenvalue weighted by Crippen LogP contribution is 2.35. The van der Waals surface area contributed by atoms with E-state index in [-0.39, 0.29) is 5.91 Å². The van der Waals surface area contributed by atoms with Crippen molar-refractivity contribution in [2.24, 2.45) is 0 Å². The van der Waals surface area contributed by atoms with Crippen molar-refractivity contribution in [2.75, 3.05) is 11.2 Å². The number of fused-ring (bicyclic) bond motifs is 1. The summed E-state index contributed by atoms with van der Waals surface area (Å²) < 4.78 is 1.02. The molecule has 0 aliphatic rings. The normalized spacial score (nSPS) is 11.0. The highest BCUT2D eigenvalue weighted by atomic mass is 35.5. The molecule has 0 aliphatic carbocycles. The third kappa shape index (κ3) is 4.17. The number of rotatable bonds is 5. The first-order valence-corrected chi connectivity index (χ1v) is 11.5. The molecule has 0 fully saturated rings. The van der Waals surface area contributed by atoms with Crippen molar-refractivity contribution in [3.05, 3.63) is 88.4 Å². The fourth-order valence-electron chi connectivity index (χ4n) is 3.11. The molecule has 0 N–H and O–H groups in total. The molecule has 0 radical (unpaired) electrons. The molecule has 1 aromatic heterocycles. The molecule has 4 rings (SSSR count). The van der Waals surface area contributed by atoms with Gasteiger partial charge >= 0.3 is 0 Å². The van der Waals surface area contributed by atoms with E-state index in [9.17, 15) is 4.79 Å². The van der Waals surface area contributed by atoms with Crippen molar-refractivity contribution in [1.82, 2.24) is 4.98 Å². The van der Waals surface area contributed by atoms with E-state index >= 15 is 0 Å². The van der Waals surface area contributed by atoms with E-state index in [0.29, 0.717) is 22.3 Å². The van der Waals surface area contributed by atoms with Crippen molar-refractivity contribution >= 4 is 56.0 Å². The number of aromatic nitrogens is 1. The highest BCUT2D eigenvalue weighted by Gasteiger charge is 2.22. The molecule has 0 aliphatic heterocycles. The van der Waals surface area contributed by atoms with Crippen molar-refractivity contribution in [3.8, 4) is 0 Å². The quantitative estimate of drug-likeness (QED) is 0.320. The molecule has 29 heavy (non-hydrogen) atoms. The van der Waals surface area contributed by atoms with Gasteiger partial charge in [-0.05, 0) is 54.6 Å². The topological polar surface area (TPSA) is 33.2 Å². The summed E-state index contributed by atoms with van der Waals surface area (Å²) in [6.45, 7) is 2.41. The van der Waals surface area contributed by atoms with Gasteiger partial charge in [0.15, 0.2) is 5.13 Å². The maximum atomic E-state index is 13.5. The Kier molecular flexibility index (Phi) is 5.90. The number of nitrogens with zero attached hydrogens (tertiary/aromatic N) is 2. The minimum Gasteiger partial charge on any atom is -0.279 e. The van der Waals surface area contributed by atoms with Crippen LogP contribution < -0.4 is 4.90 Å². The second kappa shape index (κ2) is 8.57. The molecule has 1 amide bonds. The number of aryl methyl sites for hydroxylation is 1. The number of amides is 1. The SMILES string of the molecule is CSc1cccc(C(=O)N(Cc2ccccc2)c2nc3c(C)c(Cl)ccc3s2)c1. The van der Waals surface area contributed by atoms with Crippen LogP contribution in [0.15, 0.2) is 71.6 Å². The third-order valence-electron chi connectivity index (χ3n) is 4.71. The molecular formula is C23H19ClN2OS2. The first-order chi connectivity index (χ1) is 14.1. The zero-order valence-corrected chi connectivity index (χ0v) is 18.4. The maximum absolute atomic E-state index is 13.5. The summed E-state index contributed by atoms with van der Waals surface area (Å²) in [4.78, 5) is 21.1. The molecular weight excluding hydrogens is 420 g/mol. The molecule has 0 atom stereocenters. The van der Waals surface area contributed by atoms with Gasteiger partial charge in [0.2, 0.25) is 0 Å². The summed E-state index contributed by atoms with van der Waals surface area (Å²) in [5, 5.41) is 1.36. The molecule has 0 saturated carbocycles. The van der Waals surface area contributed by atoms with Gasteiger partial charge in [-0.25, -0.2) is 4.98 Å². The Labute approximate surface area is 183 Å². The van der Waals surface area contributed by atoms with Crippen LogP contribution >= 0.6 is 34.7 Å². The van der Waals surface area contributed by atoms with E-state index in [1.165, 1.54) is 11.3 Å². The zero-order chi connectivity index (χ0) is 20.4. The average Bonchev–Trinajstić information content (AvgIpc) is 3.20. The summed E-state index contributed by atoms with van der Waals surface area (Å²) in [6, 6.07) is 21.5. The fourth-order valence-corrected chi connectivity index (χ4v) is 4.74. The Hall–Kier alpha value is -2.34. The Morgan fingerprint density at radius 3 is 2.66 bits per heavy atom. The van der Waals surface area contributed by atoms with Crippen molar-refractivity contribution in [1.29, 1.82) is 0 Å². The van der Waals surface area contributed by atoms with E-state index in [0.717, 1.165) is 26.2 Å². The van der Waals surface area contributed by atoms with Crippen LogP contribution in [0.5, 0.6) is 0 Å². The lowest BCUT2D eigenvalue weighted by molar-refractivity contribution is 0.0985. The number of thioether (sulfide) groups is 1. The molecule has 0 unspecified atom stereocenters. The average molecular weight is 439 g/mol. The predicted octanol–water partition coefficient (Wildman–Crippen LogP) is 6.83. The number of hydrogen-bond acceptors (Lipinski definition) is 4. The molecule has 146 valence electrons. The molecule has 1 heterocycles. The van der Waals surface area contributed by atoms with Crippen molar-refractivity contribution < 1.29 is 4.79 Å². The second-order valence-electron chi connectivity index (χ2n) is 6.62. The number of anilines is 1. The number of halogens is 1. The summed E-state index contributed by atoms with van der Waals surface area (Å²) in [6.07, 6.45) is 2.01. The van der Waals surface area contributed by atoms with Gasteiger partial charge in [-0.2, -0.15) is 0 Å². The van der Waals surface area contributed by atoms with Crippen LogP contribution in [-0.2, 0) is 6.54 Å². The highest BCUT2D eigenvalue weighted by molar-refractivity contribution is 7.98. The zero-order valence-electron chi connectivity index (χ0n) is 16.1. The van der Waals surface area contributed by atoms with Gasteiger partial charge in [0.25, 0.3) is 5.91 Å². The molecule has 0 saturated heterocycles. The maximum Gasteiger partial charge on any atom is 0.260 e. The molecule has 4 aromatic rings. The van der Waals surface area contributed by atoms with Gasteiger partial charge in [-0.3, -0.25) is 9.69 Å². The number of benzene rings is 3. The minimum atomic E-state index is -0.0624. The van der Waals surface area contributed by atoms with Gasteiger partial charge in [-0.1, -0.05) is 59.3 Å². The molecule has 3 aromatic carbocycles. The largest absolute Gasteiger partial charge is 0.279 e. The summed E-state index contributed by atoms with van der Waals surface area (Å²) in [5.74, 6) is -0.0624. The Bertz CT molecular complexity index is 1170. The summed E-state index contributed by atoms with van der Waals surface area (Å²) >= 11 is 9.41. The van der Waals surface area contributed by atoms with E-state index in [1.807, 2.05) is 79.9 Å². The van der Waals surface area contributed by atoms with Gasteiger partial charge < -0.3 is 0 Å². The smallest absolute Gasteiger partial charge is 0.260 e. The van der Waals surface area contributed by atoms with Crippen LogP contribution in [0, 0.1) is 6.92 Å². The van der Waals surface area contributed by atoms with Gasteiger partial charge in [0.1, 0.15) is 0 Å². The van der Waals surface area contributed by atoms with Crippen molar-refractivity contribution in [3.63, 3.8) is 0 Å². The standard InChI is InChI=1S/C23H19ClN2OS2/c1-15-19(24)11-12-20-21(15)25-23(29-20)26(14-16-7-4-3-5-8-16)22(27)17-9-6-10-18(13-17)28-2/h3-13H,14H2,1-2H3. The van der Waals surface area contributed by atoms with Gasteiger partial charge in [0.05, 0.1) is 16.8 Å². The lowest BCUT2D eigenvalue weighted by Gasteiger charge is -2.20. The van der Waals surface area contributed by atoms with Gasteiger partial charge in [0, 0.05) is 15.5 Å². The Balaban J connectivity index is 1.80. The third-order valence-corrected chi connectivity index (χ3v) is 6.89. The van der Waals surface area contributed by atoms with Crippen molar-refractivity contribution in [2.45, 2.75) is 18.4 Å². The second-order valence-corrected chi connectivity index (χ2v) is 8.92. The van der Waals surface area contributed by atoms with Crippen LogP contribution in [0.4, 0.5) is 5.13 Å². The van der Waals surface area contributed by atoms with Crippen LogP contribution in [0.1, 0.15) is 21.5 Å². The number of thiazole rings is 1. The Morgan fingerprint density at radius 2 is 1.90 bits per heavy atom. The monoisotopic (exact) mass is 438 g/mol. The van der Waals surface area contributed by atoms with E-state index < -0.39 is 0 Å². The van der Waals surface area contributed by atoms with E-state index in [1.54, 1.807) is 16.7 Å². The number of hydrogen-bond donors (Lipinski definition) is 0. The van der Waals surface area contributed by atoms with E-state index in [2.05, 4.69) is 0 Å². The molecule has 0 spiro atoms. The lowest BCUT2D eigenvalue weighted by atomic mass is 10.1. The molecule has 6 heteroatoms. The molecule has 3 nitrogen and oxygen atoms in total. The lowest BCUT2D eigenvalue weighted by Crippen LogP contribution is -2.30. The minimum absolute atomic E-state index is 0.0624. The van der Waals surface area contributed by atoms with Gasteiger partial charge in [-0.15, -0.1) is 11.8 Å². The van der Waals surface area contributed by atoms with Crippen LogP contribution in [0.25, 0.3) is 10.2 Å². The summed E-state index contributed by atoms with van der Waals surface area (Å²) in [5.41, 5.74) is 3.49. The first-order valence-electron chi connectivity index (χ1n) is 9.12. The summed E-state index contributed by atoms with van der Waals surface area (Å²) in [7, 11) is 0. The van der Waals surface area contributed by atoms with Crippen LogP contribution in [0.3, 0.4) is 0 Å². The predicted molar refractivity (Wildman–Crippen MR) is 125 cm³/mol. The number of carbonyl (C=O) groups is 1. The first kappa shape index (κ1) is 20.0. The number of carbonyl (C=O) groups excluding carboxylic acids is 1. The molecule has 0 bridgehead atoms. The van der Waals surface area contributed by atoms with Crippen LogP contribution in [0.2, 0.25) is 5.02 Å². The van der Waals surface area contributed by atoms with Crippen LogP contribution in [-0.4, -0.2) is 17.1 Å². The van der Waals surface area contributed by atoms with E-state index in [4.69, 9.17) is 16.6 Å².